The van der Waals surface area contributed by atoms with E-state index in [0.717, 1.165) is 44.9 Å². The van der Waals surface area contributed by atoms with Crippen molar-refractivity contribution in [3.63, 3.8) is 0 Å². The second-order valence-electron chi connectivity index (χ2n) is 7.50. The highest BCUT2D eigenvalue weighted by Gasteiger charge is 2.13. The van der Waals surface area contributed by atoms with Crippen LogP contribution in [0.4, 0.5) is 11.4 Å². The molecule has 0 bridgehead atoms. The molecule has 0 aliphatic carbocycles. The lowest BCUT2D eigenvalue weighted by Crippen LogP contribution is -2.16. The minimum Gasteiger partial charge on any atom is -0.460 e. The van der Waals surface area contributed by atoms with Gasteiger partial charge in [0.25, 0.3) is 0 Å². The van der Waals surface area contributed by atoms with Crippen LogP contribution >= 0.6 is 0 Å². The molecule has 2 aromatic carbocycles. The van der Waals surface area contributed by atoms with Crippen LogP contribution in [0.15, 0.2) is 59.1 Å². The maximum absolute atomic E-state index is 9.63. The molecule has 6 heteroatoms. The van der Waals surface area contributed by atoms with Crippen molar-refractivity contribution in [3.8, 4) is 17.4 Å². The number of rotatable bonds is 7. The number of aryl methyl sites for hydroxylation is 2. The molecule has 0 spiro atoms. The van der Waals surface area contributed by atoms with Crippen LogP contribution in [0.25, 0.3) is 22.2 Å². The van der Waals surface area contributed by atoms with Gasteiger partial charge in [0, 0.05) is 29.4 Å². The summed E-state index contributed by atoms with van der Waals surface area (Å²) < 4.78 is 5.92. The molecule has 0 saturated carbocycles. The normalized spacial score (nSPS) is 10.9. The Bertz CT molecular complexity index is 1270. The van der Waals surface area contributed by atoms with E-state index in [1.54, 1.807) is 6.20 Å². The third kappa shape index (κ3) is 4.43. The molecule has 0 radical (unpaired) electrons. The van der Waals surface area contributed by atoms with Gasteiger partial charge in [0.1, 0.15) is 17.6 Å². The third-order valence-corrected chi connectivity index (χ3v) is 5.17. The zero-order chi connectivity index (χ0) is 21.8. The lowest BCUT2D eigenvalue weighted by atomic mass is 10.0. The van der Waals surface area contributed by atoms with Gasteiger partial charge in [0.05, 0.1) is 29.9 Å². The average molecular weight is 412 g/mol. The molecule has 31 heavy (non-hydrogen) atoms. The van der Waals surface area contributed by atoms with Crippen LogP contribution in [0.1, 0.15) is 22.5 Å². The summed E-state index contributed by atoms with van der Waals surface area (Å²) >= 11 is 0. The van der Waals surface area contributed by atoms with Gasteiger partial charge in [-0.2, -0.15) is 5.26 Å². The van der Waals surface area contributed by atoms with E-state index in [-0.39, 0.29) is 6.61 Å². The van der Waals surface area contributed by atoms with Crippen LogP contribution < -0.4 is 10.6 Å². The number of nitrogens with zero attached hydrogens (tertiary/aromatic N) is 2. The first-order valence-electron chi connectivity index (χ1n) is 10.2. The van der Waals surface area contributed by atoms with Gasteiger partial charge in [-0.3, -0.25) is 4.98 Å². The van der Waals surface area contributed by atoms with Gasteiger partial charge in [0.2, 0.25) is 0 Å². The van der Waals surface area contributed by atoms with Gasteiger partial charge < -0.3 is 20.2 Å². The van der Waals surface area contributed by atoms with Crippen molar-refractivity contribution in [2.24, 2.45) is 0 Å². The number of fused-ring (bicyclic) bond motifs is 1. The average Bonchev–Trinajstić information content (AvgIpc) is 3.24. The lowest BCUT2D eigenvalue weighted by molar-refractivity contribution is 0.290. The van der Waals surface area contributed by atoms with Gasteiger partial charge >= 0.3 is 0 Å². The number of nitrogens with one attached hydrogen (secondary N) is 2. The topological polar surface area (TPSA) is 94.1 Å². The summed E-state index contributed by atoms with van der Waals surface area (Å²) in [4.78, 5) is 4.50. The van der Waals surface area contributed by atoms with Gasteiger partial charge in [-0.25, -0.2) is 0 Å². The fraction of sp³-hybridized carbons (Fsp3) is 0.200. The van der Waals surface area contributed by atoms with E-state index >= 15 is 0 Å². The SMILES string of the molecule is Cc1ccc(Nc2c(C#N)cnc3cc(-c4ccc(CNCCO)o4)ccc23)c(C)c1. The molecule has 0 fully saturated rings. The maximum atomic E-state index is 9.63. The number of aliphatic hydroxyl groups excluding tert-OH is 1. The largest absolute Gasteiger partial charge is 0.460 e. The van der Waals surface area contributed by atoms with Crippen molar-refractivity contribution in [3.05, 3.63) is 77.2 Å². The fourth-order valence-corrected chi connectivity index (χ4v) is 3.57. The Kier molecular flexibility index (Phi) is 5.99. The van der Waals surface area contributed by atoms with Gasteiger partial charge in [0.15, 0.2) is 0 Å². The molecule has 4 rings (SSSR count). The first-order chi connectivity index (χ1) is 15.1. The highest BCUT2D eigenvalue weighted by molar-refractivity contribution is 5.97. The number of hydrogen-bond acceptors (Lipinski definition) is 6. The molecule has 156 valence electrons. The van der Waals surface area contributed by atoms with Gasteiger partial charge in [-0.15, -0.1) is 0 Å². The van der Waals surface area contributed by atoms with E-state index in [0.29, 0.717) is 18.7 Å². The Morgan fingerprint density at radius 3 is 2.74 bits per heavy atom. The molecule has 0 amide bonds. The number of anilines is 2. The highest BCUT2D eigenvalue weighted by atomic mass is 16.3. The quantitative estimate of drug-likeness (QED) is 0.377. The zero-order valence-corrected chi connectivity index (χ0v) is 17.6. The van der Waals surface area contributed by atoms with Crippen LogP contribution in [-0.2, 0) is 6.54 Å². The van der Waals surface area contributed by atoms with E-state index in [9.17, 15) is 5.26 Å². The molecule has 2 aromatic heterocycles. The van der Waals surface area contributed by atoms with Crippen molar-refractivity contribution in [1.82, 2.24) is 10.3 Å². The Balaban J connectivity index is 1.69. The molecule has 2 heterocycles. The number of benzene rings is 2. The molecule has 3 N–H and O–H groups in total. The van der Waals surface area contributed by atoms with Crippen molar-refractivity contribution in [2.45, 2.75) is 20.4 Å². The number of pyridine rings is 1. The molecule has 0 aliphatic heterocycles. The third-order valence-electron chi connectivity index (χ3n) is 5.17. The number of aliphatic hydroxyl groups is 1. The summed E-state index contributed by atoms with van der Waals surface area (Å²) in [6.07, 6.45) is 1.60. The molecule has 0 unspecified atom stereocenters. The first-order valence-corrected chi connectivity index (χ1v) is 10.2. The summed E-state index contributed by atoms with van der Waals surface area (Å²) in [5.74, 6) is 1.55. The molecule has 0 aliphatic rings. The second kappa shape index (κ2) is 9.00. The Hall–Kier alpha value is -3.66. The van der Waals surface area contributed by atoms with Crippen LogP contribution in [0, 0.1) is 25.2 Å². The first kappa shape index (κ1) is 20.6. The monoisotopic (exact) mass is 412 g/mol. The lowest BCUT2D eigenvalue weighted by Gasteiger charge is -2.14. The van der Waals surface area contributed by atoms with E-state index in [4.69, 9.17) is 9.52 Å². The minimum absolute atomic E-state index is 0.0904. The van der Waals surface area contributed by atoms with Crippen LogP contribution in [-0.4, -0.2) is 23.2 Å². The number of nitriles is 1. The fourth-order valence-electron chi connectivity index (χ4n) is 3.57. The zero-order valence-electron chi connectivity index (χ0n) is 17.6. The predicted octanol–water partition coefficient (Wildman–Crippen LogP) is 4.81. The van der Waals surface area contributed by atoms with E-state index in [1.165, 1.54) is 5.56 Å². The molecule has 0 atom stereocenters. The summed E-state index contributed by atoms with van der Waals surface area (Å²) in [5, 5.41) is 25.9. The van der Waals surface area contributed by atoms with Crippen LogP contribution in [0.5, 0.6) is 0 Å². The predicted molar refractivity (Wildman–Crippen MR) is 122 cm³/mol. The van der Waals surface area contributed by atoms with E-state index in [2.05, 4.69) is 34.7 Å². The molecule has 6 nitrogen and oxygen atoms in total. The van der Waals surface area contributed by atoms with Gasteiger partial charge in [-0.1, -0.05) is 23.8 Å². The Labute approximate surface area is 181 Å². The Morgan fingerprint density at radius 2 is 1.97 bits per heavy atom. The van der Waals surface area contributed by atoms with Crippen molar-refractivity contribution in [2.75, 3.05) is 18.5 Å². The molecular formula is C25H24N4O2. The maximum Gasteiger partial charge on any atom is 0.134 e. The van der Waals surface area contributed by atoms with Crippen LogP contribution in [0.2, 0.25) is 0 Å². The smallest absolute Gasteiger partial charge is 0.134 e. The minimum atomic E-state index is 0.0904. The molecule has 4 aromatic rings. The van der Waals surface area contributed by atoms with Crippen molar-refractivity contribution < 1.29 is 9.52 Å². The summed E-state index contributed by atoms with van der Waals surface area (Å²) in [6.45, 7) is 5.28. The molecule has 0 saturated heterocycles. The number of aromatic nitrogens is 1. The summed E-state index contributed by atoms with van der Waals surface area (Å²) in [5.41, 5.74) is 6.20. The van der Waals surface area contributed by atoms with Crippen molar-refractivity contribution >= 4 is 22.3 Å². The summed E-state index contributed by atoms with van der Waals surface area (Å²) in [6, 6.07) is 18.2. The standard InChI is InChI=1S/C25H24N4O2/c1-16-3-7-22(17(2)11-16)29-25-19(13-26)14-28-23-12-18(4-6-21(23)25)24-8-5-20(31-24)15-27-9-10-30/h3-8,11-12,14,27,30H,9-10,15H2,1-2H3,(H,28,29). The number of furan rings is 1. The van der Waals surface area contributed by atoms with Crippen molar-refractivity contribution in [1.29, 1.82) is 5.26 Å². The Morgan fingerprint density at radius 1 is 1.10 bits per heavy atom. The van der Waals surface area contributed by atoms with E-state index < -0.39 is 0 Å². The summed E-state index contributed by atoms with van der Waals surface area (Å²) in [7, 11) is 0. The van der Waals surface area contributed by atoms with Gasteiger partial charge in [-0.05, 0) is 49.7 Å². The number of hydrogen-bond donors (Lipinski definition) is 3. The molecular weight excluding hydrogens is 388 g/mol. The highest BCUT2D eigenvalue weighted by Crippen LogP contribution is 2.33. The van der Waals surface area contributed by atoms with Crippen LogP contribution in [0.3, 0.4) is 0 Å². The second-order valence-corrected chi connectivity index (χ2v) is 7.50. The van der Waals surface area contributed by atoms with E-state index in [1.807, 2.05) is 49.4 Å².